The van der Waals surface area contributed by atoms with Crippen LogP contribution in [0.2, 0.25) is 0 Å². The Kier molecular flexibility index (Phi) is 10.2. The van der Waals surface area contributed by atoms with Gasteiger partial charge in [0.15, 0.2) is 5.96 Å². The number of carbonyl (C=O) groups is 4. The van der Waals surface area contributed by atoms with Crippen LogP contribution in [0.1, 0.15) is 45.9 Å². The number of hydrogen-bond donors (Lipinski definition) is 3. The number of guanidine groups is 1. The Morgan fingerprint density at radius 2 is 1.62 bits per heavy atom. The Morgan fingerprint density at radius 1 is 1.00 bits per heavy atom. The van der Waals surface area contributed by atoms with Crippen LogP contribution in [0.15, 0.2) is 78.9 Å². The zero-order valence-electron chi connectivity index (χ0n) is 23.8. The number of fused-ring (bicyclic) bond motifs is 1. The molecule has 3 aromatic carbocycles. The van der Waals surface area contributed by atoms with E-state index < -0.39 is 55.5 Å². The fourth-order valence-electron chi connectivity index (χ4n) is 4.70. The van der Waals surface area contributed by atoms with Crippen molar-refractivity contribution in [2.75, 3.05) is 24.5 Å². The molecule has 232 valence electrons. The van der Waals surface area contributed by atoms with Crippen molar-refractivity contribution in [2.45, 2.75) is 25.1 Å². The summed E-state index contributed by atoms with van der Waals surface area (Å²) in [6.45, 7) is -0.678. The molecule has 0 aliphatic carbocycles. The number of rotatable bonds is 8. The Morgan fingerprint density at radius 3 is 2.20 bits per heavy atom. The van der Waals surface area contributed by atoms with Gasteiger partial charge in [0.25, 0.3) is 5.91 Å². The first-order valence-corrected chi connectivity index (χ1v) is 13.7. The van der Waals surface area contributed by atoms with Gasteiger partial charge >= 0.3 is 18.1 Å². The number of nitrogens with one attached hydrogen (secondary N) is 2. The fourth-order valence-corrected chi connectivity index (χ4v) is 4.70. The quantitative estimate of drug-likeness (QED) is 0.0874. The second-order valence-electron chi connectivity index (χ2n) is 9.85. The first-order chi connectivity index (χ1) is 21.5. The number of alkyl halides is 3. The lowest BCUT2D eigenvalue weighted by Gasteiger charge is -2.32. The Bertz CT molecular complexity index is 1610. The minimum atomic E-state index is -5.37. The number of benzene rings is 3. The highest BCUT2D eigenvalue weighted by Crippen LogP contribution is 2.37. The first kappa shape index (κ1) is 32.3. The molecule has 0 bridgehead atoms. The average Bonchev–Trinajstić information content (AvgIpc) is 3.10. The molecule has 0 fully saturated rings. The number of halogens is 3. The van der Waals surface area contributed by atoms with Gasteiger partial charge in [-0.25, -0.2) is 4.79 Å². The largest absolute Gasteiger partial charge is 0.491 e. The predicted molar refractivity (Wildman–Crippen MR) is 158 cm³/mol. The molecule has 0 unspecified atom stereocenters. The lowest BCUT2D eigenvalue weighted by molar-refractivity contribution is -0.201. The molecule has 0 saturated carbocycles. The van der Waals surface area contributed by atoms with E-state index in [4.69, 9.17) is 11.1 Å². The normalized spacial score (nSPS) is 13.0. The van der Waals surface area contributed by atoms with Gasteiger partial charge in [-0.1, -0.05) is 72.5 Å². The molecule has 1 aliphatic rings. The minimum absolute atomic E-state index is 0.0751. The van der Waals surface area contributed by atoms with Crippen LogP contribution in [0.25, 0.3) is 0 Å². The summed E-state index contributed by atoms with van der Waals surface area (Å²) < 4.78 is 41.6. The van der Waals surface area contributed by atoms with E-state index in [1.807, 2.05) is 60.7 Å². The standard InChI is InChI=1S/C32H28F3N5O5/c33-32(34,35)30(44)45-27(42)16-18-39-20-26(41)40(28(22-10-3-1-4-11-22)23-12-5-2-6-13-23)25-15-14-21(19-24(25)29(39)43)9-7-8-17-38-31(36)37/h1-6,10-15,19,28H,8,16-18,20H2,(H4,36,37,38). The molecule has 45 heavy (non-hydrogen) atoms. The molecule has 0 atom stereocenters. The molecule has 3 aromatic rings. The fraction of sp³-hybridized carbons (Fsp3) is 0.219. The number of anilines is 1. The summed E-state index contributed by atoms with van der Waals surface area (Å²) in [6.07, 6.45) is -5.79. The van der Waals surface area contributed by atoms with Crippen molar-refractivity contribution < 1.29 is 37.1 Å². The second-order valence-corrected chi connectivity index (χ2v) is 9.85. The number of esters is 2. The number of nitrogens with zero attached hydrogens (tertiary/aromatic N) is 2. The van der Waals surface area contributed by atoms with E-state index in [0.717, 1.165) is 16.0 Å². The topological polar surface area (TPSA) is 146 Å². The summed E-state index contributed by atoms with van der Waals surface area (Å²) in [5.41, 5.74) is 7.56. The molecule has 4 N–H and O–H groups in total. The Labute approximate surface area is 256 Å². The molecule has 0 saturated heterocycles. The molecule has 0 radical (unpaired) electrons. The van der Waals surface area contributed by atoms with Gasteiger partial charge in [-0.2, -0.15) is 13.2 Å². The highest BCUT2D eigenvalue weighted by atomic mass is 19.4. The number of carbonyl (C=O) groups excluding carboxylic acids is 4. The number of ether oxygens (including phenoxy) is 1. The molecule has 1 aliphatic heterocycles. The summed E-state index contributed by atoms with van der Waals surface area (Å²) in [4.78, 5) is 53.6. The lowest BCUT2D eigenvalue weighted by atomic mass is 9.95. The third kappa shape index (κ3) is 8.26. The van der Waals surface area contributed by atoms with E-state index in [-0.39, 0.29) is 17.2 Å². The number of amides is 2. The van der Waals surface area contributed by atoms with Gasteiger partial charge in [0.05, 0.1) is 23.7 Å². The molecule has 2 amide bonds. The molecule has 13 heteroatoms. The maximum Gasteiger partial charge on any atom is 0.491 e. The summed E-state index contributed by atoms with van der Waals surface area (Å²) >= 11 is 0. The van der Waals surface area contributed by atoms with Crippen molar-refractivity contribution in [1.82, 2.24) is 10.2 Å². The van der Waals surface area contributed by atoms with E-state index >= 15 is 0 Å². The molecular weight excluding hydrogens is 591 g/mol. The maximum atomic E-state index is 14.0. The van der Waals surface area contributed by atoms with Gasteiger partial charge in [-0.3, -0.25) is 24.7 Å². The molecule has 10 nitrogen and oxygen atoms in total. The van der Waals surface area contributed by atoms with Crippen LogP contribution in [0.5, 0.6) is 0 Å². The third-order valence-corrected chi connectivity index (χ3v) is 6.68. The van der Waals surface area contributed by atoms with E-state index in [0.29, 0.717) is 18.5 Å². The highest BCUT2D eigenvalue weighted by Gasteiger charge is 2.43. The number of nitrogens with two attached hydrogens (primary N) is 1. The van der Waals surface area contributed by atoms with Gasteiger partial charge in [0.2, 0.25) is 5.91 Å². The molecule has 1 heterocycles. The SMILES string of the molecule is N=C(N)NCCC#Cc1ccc2c(c1)C(=O)N(CCC(=O)OC(=O)C(F)(F)F)CC(=O)N2C(c1ccccc1)c1ccccc1. The van der Waals surface area contributed by atoms with E-state index in [2.05, 4.69) is 21.9 Å². The van der Waals surface area contributed by atoms with E-state index in [1.54, 1.807) is 12.1 Å². The predicted octanol–water partition coefficient (Wildman–Crippen LogP) is 3.51. The van der Waals surface area contributed by atoms with Gasteiger partial charge in [-0.05, 0) is 29.3 Å². The highest BCUT2D eigenvalue weighted by molar-refractivity contribution is 6.10. The smallest absolute Gasteiger partial charge is 0.386 e. The van der Waals surface area contributed by atoms with Crippen LogP contribution in [0.4, 0.5) is 18.9 Å². The maximum absolute atomic E-state index is 14.0. The summed E-state index contributed by atoms with van der Waals surface area (Å²) in [7, 11) is 0. The van der Waals surface area contributed by atoms with Gasteiger partial charge < -0.3 is 20.7 Å². The van der Waals surface area contributed by atoms with Gasteiger partial charge in [0, 0.05) is 25.1 Å². The zero-order chi connectivity index (χ0) is 32.6. The van der Waals surface area contributed by atoms with Crippen LogP contribution >= 0.6 is 0 Å². The lowest BCUT2D eigenvalue weighted by Crippen LogP contribution is -2.42. The third-order valence-electron chi connectivity index (χ3n) is 6.68. The van der Waals surface area contributed by atoms with Crippen molar-refractivity contribution in [2.24, 2.45) is 5.73 Å². The van der Waals surface area contributed by atoms with Crippen molar-refractivity contribution in [3.05, 3.63) is 101 Å². The van der Waals surface area contributed by atoms with Crippen molar-refractivity contribution in [3.63, 3.8) is 0 Å². The van der Waals surface area contributed by atoms with Crippen LogP contribution < -0.4 is 16.0 Å². The Balaban J connectivity index is 1.74. The van der Waals surface area contributed by atoms with Crippen LogP contribution in [0.3, 0.4) is 0 Å². The average molecular weight is 620 g/mol. The second kappa shape index (κ2) is 14.2. The zero-order valence-corrected chi connectivity index (χ0v) is 23.8. The van der Waals surface area contributed by atoms with Crippen LogP contribution in [-0.4, -0.2) is 60.4 Å². The Hall–Kier alpha value is -5.64. The summed E-state index contributed by atoms with van der Waals surface area (Å²) in [5, 5.41) is 9.86. The van der Waals surface area contributed by atoms with Crippen LogP contribution in [-0.2, 0) is 19.1 Å². The van der Waals surface area contributed by atoms with E-state index in [1.165, 1.54) is 11.0 Å². The molecule has 0 spiro atoms. The van der Waals surface area contributed by atoms with E-state index in [9.17, 15) is 32.3 Å². The summed E-state index contributed by atoms with van der Waals surface area (Å²) in [6, 6.07) is 22.4. The number of hydrogen-bond acceptors (Lipinski definition) is 6. The van der Waals surface area contributed by atoms with Gasteiger partial charge in [0.1, 0.15) is 6.54 Å². The minimum Gasteiger partial charge on any atom is -0.386 e. The van der Waals surface area contributed by atoms with Crippen LogP contribution in [0, 0.1) is 17.3 Å². The molecule has 4 rings (SSSR count). The van der Waals surface area contributed by atoms with Crippen molar-refractivity contribution in [3.8, 4) is 11.8 Å². The molecule has 0 aromatic heterocycles. The van der Waals surface area contributed by atoms with Crippen molar-refractivity contribution in [1.29, 1.82) is 5.41 Å². The summed E-state index contributed by atoms with van der Waals surface area (Å²) in [5.74, 6) is 0.298. The monoisotopic (exact) mass is 619 g/mol. The van der Waals surface area contributed by atoms with Crippen molar-refractivity contribution >= 4 is 35.4 Å². The van der Waals surface area contributed by atoms with Gasteiger partial charge in [-0.15, -0.1) is 0 Å². The molecular formula is C32H28F3N5O5. The first-order valence-electron chi connectivity index (χ1n) is 13.7.